The van der Waals surface area contributed by atoms with E-state index in [0.717, 1.165) is 10.9 Å². The summed E-state index contributed by atoms with van der Waals surface area (Å²) < 4.78 is 0. The normalized spacial score (nSPS) is 10.9. The Morgan fingerprint density at radius 2 is 2.07 bits per heavy atom. The topological polar surface area (TPSA) is 58.6 Å². The molecule has 72 valence electrons. The number of hydrogen-bond acceptors (Lipinski definition) is 3. The summed E-state index contributed by atoms with van der Waals surface area (Å²) in [4.78, 5) is 22.4. The molecule has 1 N–H and O–H groups in total. The Morgan fingerprint density at radius 3 is 3.00 bits per heavy atom. The summed E-state index contributed by atoms with van der Waals surface area (Å²) in [6.07, 6.45) is 1.37. The van der Waals surface area contributed by atoms with Gasteiger partial charge in [0, 0.05) is 5.39 Å². The summed E-state index contributed by atoms with van der Waals surface area (Å²) in [5.74, 6) is 0. The first kappa shape index (κ1) is 8.11. The highest BCUT2D eigenvalue weighted by Crippen LogP contribution is 2.14. The van der Waals surface area contributed by atoms with Crippen molar-refractivity contribution in [2.45, 2.75) is 0 Å². The van der Waals surface area contributed by atoms with Crippen molar-refractivity contribution in [3.05, 3.63) is 47.0 Å². The van der Waals surface area contributed by atoms with Crippen LogP contribution in [0.1, 0.15) is 0 Å². The maximum atomic E-state index is 11.5. The molecule has 0 bridgehead atoms. The number of aromatic nitrogens is 3. The number of benzene rings is 1. The Bertz CT molecular complexity index is 703. The van der Waals surface area contributed by atoms with Gasteiger partial charge in [-0.05, 0) is 12.1 Å². The van der Waals surface area contributed by atoms with Gasteiger partial charge in [0.2, 0.25) is 0 Å². The van der Waals surface area contributed by atoms with Crippen LogP contribution in [0.2, 0.25) is 0 Å². The fourth-order valence-corrected chi connectivity index (χ4v) is 1.60. The van der Waals surface area contributed by atoms with Crippen molar-refractivity contribution in [3.63, 3.8) is 0 Å². The van der Waals surface area contributed by atoms with Gasteiger partial charge < -0.3 is 4.98 Å². The number of fused-ring (bicyclic) bond motifs is 2. The highest BCUT2D eigenvalue weighted by molar-refractivity contribution is 5.90. The van der Waals surface area contributed by atoms with E-state index < -0.39 is 0 Å². The van der Waals surface area contributed by atoms with Crippen LogP contribution in [0, 0.1) is 0 Å². The molecule has 0 aliphatic carbocycles. The molecule has 2 aromatic heterocycles. The molecule has 3 rings (SSSR count). The molecule has 0 fully saturated rings. The standard InChI is InChI=1S/C11H7N3O/c15-11-8-5-7-3-1-2-4-9(7)14-10(8)12-6-13-11/h1-6H,(H,12,13,14,15). The minimum absolute atomic E-state index is 0.154. The number of para-hydroxylation sites is 1. The monoisotopic (exact) mass is 197 g/mol. The third-order valence-electron chi connectivity index (χ3n) is 2.33. The Hall–Kier alpha value is -2.23. The lowest BCUT2D eigenvalue weighted by Gasteiger charge is -1.98. The van der Waals surface area contributed by atoms with Crippen molar-refractivity contribution in [1.82, 2.24) is 15.0 Å². The van der Waals surface area contributed by atoms with Crippen molar-refractivity contribution < 1.29 is 0 Å². The average molecular weight is 197 g/mol. The van der Waals surface area contributed by atoms with Crippen LogP contribution in [-0.4, -0.2) is 15.0 Å². The van der Waals surface area contributed by atoms with Crippen LogP contribution >= 0.6 is 0 Å². The highest BCUT2D eigenvalue weighted by Gasteiger charge is 2.02. The number of H-pyrrole nitrogens is 1. The molecule has 2 heterocycles. The first-order chi connectivity index (χ1) is 7.34. The minimum Gasteiger partial charge on any atom is -0.313 e. The quantitative estimate of drug-likeness (QED) is 0.555. The largest absolute Gasteiger partial charge is 0.313 e. The van der Waals surface area contributed by atoms with Crippen LogP contribution in [-0.2, 0) is 0 Å². The lowest BCUT2D eigenvalue weighted by atomic mass is 10.2. The van der Waals surface area contributed by atoms with Gasteiger partial charge in [0.05, 0.1) is 17.2 Å². The lowest BCUT2D eigenvalue weighted by molar-refractivity contribution is 1.15. The summed E-state index contributed by atoms with van der Waals surface area (Å²) in [5, 5.41) is 1.47. The molecule has 0 aliphatic rings. The fraction of sp³-hybridized carbons (Fsp3) is 0. The van der Waals surface area contributed by atoms with Gasteiger partial charge in [0.25, 0.3) is 5.56 Å². The smallest absolute Gasteiger partial charge is 0.260 e. The number of aromatic amines is 1. The Morgan fingerprint density at radius 1 is 1.20 bits per heavy atom. The third kappa shape index (κ3) is 1.19. The molecule has 15 heavy (non-hydrogen) atoms. The first-order valence-corrected chi connectivity index (χ1v) is 4.58. The molecule has 0 atom stereocenters. The van der Waals surface area contributed by atoms with E-state index >= 15 is 0 Å². The molecule has 3 aromatic rings. The van der Waals surface area contributed by atoms with Crippen LogP contribution < -0.4 is 5.56 Å². The fourth-order valence-electron chi connectivity index (χ4n) is 1.60. The molecule has 0 saturated heterocycles. The number of rotatable bonds is 0. The Kier molecular flexibility index (Phi) is 1.56. The van der Waals surface area contributed by atoms with Gasteiger partial charge in [-0.25, -0.2) is 9.97 Å². The van der Waals surface area contributed by atoms with Crippen LogP contribution in [0.4, 0.5) is 0 Å². The number of pyridine rings is 1. The van der Waals surface area contributed by atoms with Gasteiger partial charge in [0.15, 0.2) is 5.65 Å². The van der Waals surface area contributed by atoms with Gasteiger partial charge in [0.1, 0.15) is 0 Å². The maximum absolute atomic E-state index is 11.5. The lowest BCUT2D eigenvalue weighted by Crippen LogP contribution is -2.06. The third-order valence-corrected chi connectivity index (χ3v) is 2.33. The van der Waals surface area contributed by atoms with Crippen LogP contribution in [0.3, 0.4) is 0 Å². The molecular weight excluding hydrogens is 190 g/mol. The molecule has 4 heteroatoms. The van der Waals surface area contributed by atoms with E-state index in [9.17, 15) is 4.79 Å². The Labute approximate surface area is 84.6 Å². The van der Waals surface area contributed by atoms with Gasteiger partial charge in [-0.1, -0.05) is 18.2 Å². The van der Waals surface area contributed by atoms with E-state index in [4.69, 9.17) is 0 Å². The zero-order valence-corrected chi connectivity index (χ0v) is 7.77. The van der Waals surface area contributed by atoms with E-state index in [1.807, 2.05) is 30.3 Å². The zero-order chi connectivity index (χ0) is 10.3. The van der Waals surface area contributed by atoms with E-state index in [1.54, 1.807) is 0 Å². The number of nitrogens with one attached hydrogen (secondary N) is 1. The molecule has 0 spiro atoms. The average Bonchev–Trinajstić information content (AvgIpc) is 2.27. The van der Waals surface area contributed by atoms with E-state index in [-0.39, 0.29) is 5.56 Å². The first-order valence-electron chi connectivity index (χ1n) is 4.58. The minimum atomic E-state index is -0.154. The second-order valence-corrected chi connectivity index (χ2v) is 3.28. The van der Waals surface area contributed by atoms with Gasteiger partial charge in [-0.3, -0.25) is 4.79 Å². The molecular formula is C11H7N3O. The summed E-state index contributed by atoms with van der Waals surface area (Å²) >= 11 is 0. The summed E-state index contributed by atoms with van der Waals surface area (Å²) in [6.45, 7) is 0. The molecule has 0 amide bonds. The second-order valence-electron chi connectivity index (χ2n) is 3.28. The van der Waals surface area contributed by atoms with Crippen molar-refractivity contribution in [2.24, 2.45) is 0 Å². The molecule has 0 unspecified atom stereocenters. The number of hydrogen-bond donors (Lipinski definition) is 1. The molecule has 0 aliphatic heterocycles. The predicted molar refractivity (Wildman–Crippen MR) is 57.7 cm³/mol. The van der Waals surface area contributed by atoms with E-state index in [1.165, 1.54) is 6.33 Å². The predicted octanol–water partition coefficient (Wildman–Crippen LogP) is 1.47. The molecule has 4 nitrogen and oxygen atoms in total. The maximum Gasteiger partial charge on any atom is 0.260 e. The molecule has 0 radical (unpaired) electrons. The Balaban J connectivity index is 2.59. The van der Waals surface area contributed by atoms with E-state index in [0.29, 0.717) is 11.0 Å². The summed E-state index contributed by atoms with van der Waals surface area (Å²) in [6, 6.07) is 9.46. The van der Waals surface area contributed by atoms with Gasteiger partial charge in [-0.15, -0.1) is 0 Å². The summed E-state index contributed by atoms with van der Waals surface area (Å²) in [7, 11) is 0. The van der Waals surface area contributed by atoms with Crippen molar-refractivity contribution in [1.29, 1.82) is 0 Å². The highest BCUT2D eigenvalue weighted by atomic mass is 16.1. The van der Waals surface area contributed by atoms with Crippen LogP contribution in [0.5, 0.6) is 0 Å². The molecule has 0 saturated carbocycles. The number of nitrogens with zero attached hydrogens (tertiary/aromatic N) is 2. The molecule has 1 aromatic carbocycles. The SMILES string of the molecule is O=c1[nH]cnc2nc3ccccc3cc12. The van der Waals surface area contributed by atoms with E-state index in [2.05, 4.69) is 15.0 Å². The van der Waals surface area contributed by atoms with Gasteiger partial charge in [-0.2, -0.15) is 0 Å². The zero-order valence-electron chi connectivity index (χ0n) is 7.77. The van der Waals surface area contributed by atoms with Crippen molar-refractivity contribution >= 4 is 21.9 Å². The van der Waals surface area contributed by atoms with Crippen LogP contribution in [0.25, 0.3) is 21.9 Å². The van der Waals surface area contributed by atoms with Gasteiger partial charge >= 0.3 is 0 Å². The van der Waals surface area contributed by atoms with Crippen molar-refractivity contribution in [2.75, 3.05) is 0 Å². The second kappa shape index (κ2) is 2.88. The summed E-state index contributed by atoms with van der Waals surface area (Å²) in [5.41, 5.74) is 1.18. The van der Waals surface area contributed by atoms with Crippen LogP contribution in [0.15, 0.2) is 41.5 Å². The van der Waals surface area contributed by atoms with Crippen molar-refractivity contribution in [3.8, 4) is 0 Å².